The van der Waals surface area contributed by atoms with E-state index < -0.39 is 5.54 Å². The Labute approximate surface area is 141 Å². The van der Waals surface area contributed by atoms with Crippen LogP contribution in [0.15, 0.2) is 54.6 Å². The lowest BCUT2D eigenvalue weighted by Crippen LogP contribution is -2.49. The van der Waals surface area contributed by atoms with Gasteiger partial charge in [-0.15, -0.1) is 0 Å². The second kappa shape index (κ2) is 6.69. The van der Waals surface area contributed by atoms with Crippen molar-refractivity contribution < 1.29 is 4.79 Å². The molecule has 0 heterocycles. The molecule has 0 saturated carbocycles. The second-order valence-corrected chi connectivity index (χ2v) is 6.76. The first-order valence-corrected chi connectivity index (χ1v) is 7.60. The van der Waals surface area contributed by atoms with Crippen molar-refractivity contribution in [1.82, 2.24) is 9.06 Å². The average molecular weight is 337 g/mol. The molecule has 0 atom stereocenters. The number of halogens is 2. The quantitative estimate of drug-likeness (QED) is 0.573. The fraction of sp³-hybridized carbons (Fsp3) is 0.235. The average Bonchev–Trinajstić information content (AvgIpc) is 2.46. The van der Waals surface area contributed by atoms with E-state index in [1.165, 1.54) is 5.01 Å². The molecule has 2 aromatic rings. The minimum atomic E-state index is -0.529. The third kappa shape index (κ3) is 3.80. The Balaban J connectivity index is 2.28. The van der Waals surface area contributed by atoms with Crippen molar-refractivity contribution >= 4 is 29.5 Å². The van der Waals surface area contributed by atoms with Crippen LogP contribution in [0.2, 0.25) is 0 Å². The number of hydrazine groups is 1. The van der Waals surface area contributed by atoms with Crippen LogP contribution in [0.4, 0.5) is 0 Å². The highest BCUT2D eigenvalue weighted by atomic mass is 35.5. The molecule has 0 saturated heterocycles. The first-order chi connectivity index (χ1) is 10.3. The zero-order valence-electron chi connectivity index (χ0n) is 12.8. The van der Waals surface area contributed by atoms with Crippen molar-refractivity contribution in [3.05, 3.63) is 60.2 Å². The van der Waals surface area contributed by atoms with Crippen molar-refractivity contribution in [2.45, 2.75) is 26.3 Å². The van der Waals surface area contributed by atoms with E-state index in [2.05, 4.69) is 0 Å². The van der Waals surface area contributed by atoms with Crippen LogP contribution in [0.5, 0.6) is 0 Å². The van der Waals surface area contributed by atoms with Crippen molar-refractivity contribution in [3.63, 3.8) is 0 Å². The molecule has 0 aliphatic rings. The van der Waals surface area contributed by atoms with Crippen LogP contribution in [-0.4, -0.2) is 20.5 Å². The van der Waals surface area contributed by atoms with Crippen molar-refractivity contribution in [1.29, 1.82) is 0 Å². The maximum Gasteiger partial charge on any atom is 0.270 e. The van der Waals surface area contributed by atoms with Gasteiger partial charge in [0.15, 0.2) is 0 Å². The maximum atomic E-state index is 12.6. The lowest BCUT2D eigenvalue weighted by atomic mass is 10.0. The van der Waals surface area contributed by atoms with Crippen LogP contribution in [-0.2, 0) is 0 Å². The number of benzene rings is 2. The Kier molecular flexibility index (Phi) is 5.12. The molecule has 0 bridgehead atoms. The zero-order valence-corrected chi connectivity index (χ0v) is 14.3. The summed E-state index contributed by atoms with van der Waals surface area (Å²) in [5.41, 5.74) is 2.15. The summed E-state index contributed by atoms with van der Waals surface area (Å²) < 4.78 is 0.785. The minimum Gasteiger partial charge on any atom is -0.268 e. The van der Waals surface area contributed by atoms with E-state index >= 15 is 0 Å². The van der Waals surface area contributed by atoms with E-state index in [4.69, 9.17) is 23.6 Å². The molecule has 5 heteroatoms. The summed E-state index contributed by atoms with van der Waals surface area (Å²) in [4.78, 5) is 12.6. The molecule has 0 spiro atoms. The summed E-state index contributed by atoms with van der Waals surface area (Å²) in [7, 11) is 0. The SMILES string of the molecule is CC(C)(C)N(C(=O)c1ccc(-c2ccccc2)cc1)N(Cl)Cl. The first-order valence-electron chi connectivity index (χ1n) is 6.92. The van der Waals surface area contributed by atoms with E-state index in [0.29, 0.717) is 5.56 Å². The van der Waals surface area contributed by atoms with E-state index in [9.17, 15) is 4.79 Å². The molecule has 0 unspecified atom stereocenters. The highest BCUT2D eigenvalue weighted by Crippen LogP contribution is 2.25. The number of hydrogen-bond donors (Lipinski definition) is 0. The van der Waals surface area contributed by atoms with Crippen LogP contribution in [0.3, 0.4) is 0 Å². The summed E-state index contributed by atoms with van der Waals surface area (Å²) in [6.07, 6.45) is 0. The predicted molar refractivity (Wildman–Crippen MR) is 91.3 cm³/mol. The van der Waals surface area contributed by atoms with Gasteiger partial charge in [-0.3, -0.25) is 4.79 Å². The third-order valence-electron chi connectivity index (χ3n) is 3.22. The van der Waals surface area contributed by atoms with E-state index in [1.54, 1.807) is 12.1 Å². The molecule has 2 aromatic carbocycles. The Bertz CT molecular complexity index is 634. The molecule has 0 radical (unpaired) electrons. The van der Waals surface area contributed by atoms with Gasteiger partial charge in [-0.2, -0.15) is 0 Å². The molecule has 0 aliphatic carbocycles. The number of carbonyl (C=O) groups excluding carboxylic acids is 1. The number of hydrogen-bond acceptors (Lipinski definition) is 2. The lowest BCUT2D eigenvalue weighted by Gasteiger charge is -2.36. The molecule has 2 rings (SSSR count). The van der Waals surface area contributed by atoms with Crippen LogP contribution >= 0.6 is 23.6 Å². The number of nitrogens with zero attached hydrogens (tertiary/aromatic N) is 2. The fourth-order valence-corrected chi connectivity index (χ4v) is 2.75. The minimum absolute atomic E-state index is 0.253. The normalized spacial score (nSPS) is 11.5. The largest absolute Gasteiger partial charge is 0.270 e. The number of amides is 1. The second-order valence-electron chi connectivity index (χ2n) is 5.95. The Morgan fingerprint density at radius 3 is 1.82 bits per heavy atom. The summed E-state index contributed by atoms with van der Waals surface area (Å²) in [5, 5.41) is 1.30. The Morgan fingerprint density at radius 2 is 1.36 bits per heavy atom. The lowest BCUT2D eigenvalue weighted by molar-refractivity contribution is 0.0244. The van der Waals surface area contributed by atoms with Gasteiger partial charge in [0.1, 0.15) is 0 Å². The van der Waals surface area contributed by atoms with E-state index in [0.717, 1.165) is 15.2 Å². The van der Waals surface area contributed by atoms with Gasteiger partial charge in [-0.25, -0.2) is 5.01 Å². The molecule has 3 nitrogen and oxygen atoms in total. The molecule has 22 heavy (non-hydrogen) atoms. The van der Waals surface area contributed by atoms with Crippen LogP contribution in [0.25, 0.3) is 11.1 Å². The highest BCUT2D eigenvalue weighted by Gasteiger charge is 2.31. The summed E-state index contributed by atoms with van der Waals surface area (Å²) in [6, 6.07) is 17.4. The standard InChI is InChI=1S/C17H18Cl2N2O/c1-17(2,3)20(21(18)19)16(22)15-11-9-14(10-12-15)13-7-5-4-6-8-13/h4-12H,1-3H3. The molecule has 0 aliphatic heterocycles. The summed E-state index contributed by atoms with van der Waals surface area (Å²) in [6.45, 7) is 5.59. The van der Waals surface area contributed by atoms with Gasteiger partial charge in [-0.1, -0.05) is 42.5 Å². The van der Waals surface area contributed by atoms with Crippen molar-refractivity contribution in [3.8, 4) is 11.1 Å². The van der Waals surface area contributed by atoms with Gasteiger partial charge in [0.05, 0.1) is 5.54 Å². The molecular formula is C17H18Cl2N2O. The molecule has 1 amide bonds. The van der Waals surface area contributed by atoms with Gasteiger partial charge in [0.25, 0.3) is 5.91 Å². The van der Waals surface area contributed by atoms with Gasteiger partial charge < -0.3 is 0 Å². The molecule has 0 N–H and O–H groups in total. The first kappa shape index (κ1) is 16.8. The Morgan fingerprint density at radius 1 is 0.864 bits per heavy atom. The van der Waals surface area contributed by atoms with Crippen LogP contribution < -0.4 is 0 Å². The summed E-state index contributed by atoms with van der Waals surface area (Å²) >= 11 is 11.6. The van der Waals surface area contributed by atoms with Gasteiger partial charge in [-0.05, 0) is 48.1 Å². The topological polar surface area (TPSA) is 23.6 Å². The maximum absolute atomic E-state index is 12.6. The molecular weight excluding hydrogens is 319 g/mol. The van der Waals surface area contributed by atoms with Gasteiger partial charge >= 0.3 is 0 Å². The van der Waals surface area contributed by atoms with Gasteiger partial charge in [0.2, 0.25) is 0 Å². The summed E-state index contributed by atoms with van der Waals surface area (Å²) in [5.74, 6) is -0.253. The monoisotopic (exact) mass is 336 g/mol. The van der Waals surface area contributed by atoms with Gasteiger partial charge in [0, 0.05) is 29.1 Å². The molecule has 0 fully saturated rings. The number of rotatable bonds is 3. The molecule has 0 aromatic heterocycles. The highest BCUT2D eigenvalue weighted by molar-refractivity contribution is 6.34. The smallest absolute Gasteiger partial charge is 0.268 e. The molecule has 116 valence electrons. The fourth-order valence-electron chi connectivity index (χ4n) is 2.16. The van der Waals surface area contributed by atoms with Crippen molar-refractivity contribution in [2.24, 2.45) is 0 Å². The van der Waals surface area contributed by atoms with E-state index in [-0.39, 0.29) is 5.91 Å². The number of carbonyl (C=O) groups is 1. The predicted octanol–water partition coefficient (Wildman–Crippen LogP) is 5.12. The van der Waals surface area contributed by atoms with E-state index in [1.807, 2.05) is 63.2 Å². The third-order valence-corrected chi connectivity index (χ3v) is 3.52. The van der Waals surface area contributed by atoms with Crippen molar-refractivity contribution in [2.75, 3.05) is 0 Å². The van der Waals surface area contributed by atoms with Crippen LogP contribution in [0, 0.1) is 0 Å². The Hall–Kier alpha value is -1.55. The zero-order chi connectivity index (χ0) is 16.3. The van der Waals surface area contributed by atoms with Crippen LogP contribution in [0.1, 0.15) is 31.1 Å².